The summed E-state index contributed by atoms with van der Waals surface area (Å²) in [6, 6.07) is 11.8. The zero-order valence-corrected chi connectivity index (χ0v) is 12.6. The van der Waals surface area contributed by atoms with E-state index in [1.807, 2.05) is 42.0 Å². The van der Waals surface area contributed by atoms with Crippen LogP contribution < -0.4 is 0 Å². The smallest absolute Gasteiger partial charge is 0.160 e. The summed E-state index contributed by atoms with van der Waals surface area (Å²) < 4.78 is 7.28. The summed E-state index contributed by atoms with van der Waals surface area (Å²) in [5.41, 5.74) is 4.47. The maximum Gasteiger partial charge on any atom is 0.160 e. The molecular weight excluding hydrogens is 276 g/mol. The van der Waals surface area contributed by atoms with Gasteiger partial charge in [0.25, 0.3) is 0 Å². The molecule has 0 unspecified atom stereocenters. The summed E-state index contributed by atoms with van der Waals surface area (Å²) in [6.45, 7) is 3.03. The molecule has 0 aliphatic carbocycles. The van der Waals surface area contributed by atoms with E-state index in [-0.39, 0.29) is 0 Å². The molecule has 0 aliphatic rings. The highest BCUT2D eigenvalue weighted by Crippen LogP contribution is 2.18. The van der Waals surface area contributed by atoms with Crippen LogP contribution >= 0.6 is 0 Å². The van der Waals surface area contributed by atoms with Crippen LogP contribution in [-0.4, -0.2) is 21.6 Å². The van der Waals surface area contributed by atoms with Crippen molar-refractivity contribution in [3.05, 3.63) is 59.0 Å². The van der Waals surface area contributed by atoms with Crippen molar-refractivity contribution in [1.29, 1.82) is 5.26 Å². The highest BCUT2D eigenvalue weighted by atomic mass is 16.5. The van der Waals surface area contributed by atoms with Crippen LogP contribution in [0.3, 0.4) is 0 Å². The van der Waals surface area contributed by atoms with Crippen molar-refractivity contribution in [2.45, 2.75) is 20.1 Å². The molecule has 5 nitrogen and oxygen atoms in total. The number of aromatic nitrogens is 3. The molecule has 0 fully saturated rings. The number of rotatable bonds is 4. The summed E-state index contributed by atoms with van der Waals surface area (Å²) in [5, 5.41) is 9.03. The monoisotopic (exact) mass is 292 g/mol. The third-order valence-electron chi connectivity index (χ3n) is 3.47. The maximum absolute atomic E-state index is 9.03. The van der Waals surface area contributed by atoms with Gasteiger partial charge >= 0.3 is 0 Å². The lowest BCUT2D eigenvalue weighted by Crippen LogP contribution is -2.07. The topological polar surface area (TPSA) is 63.7 Å². The second-order valence-corrected chi connectivity index (χ2v) is 5.21. The molecule has 3 aromatic rings. The Balaban J connectivity index is 2.07. The van der Waals surface area contributed by atoms with Gasteiger partial charge in [0.2, 0.25) is 0 Å². The molecule has 110 valence electrons. The van der Waals surface area contributed by atoms with E-state index < -0.39 is 0 Å². The lowest BCUT2D eigenvalue weighted by Gasteiger charge is -2.08. The Bertz CT molecular complexity index is 861. The zero-order chi connectivity index (χ0) is 15.5. The standard InChI is InChI=1S/C17H16N4O/c1-12-6-15-17(19-9-12)21(16(20-15)11-22-2)10-14-5-3-4-13(7-14)8-18/h3-7,9H,10-11H2,1-2H3. The summed E-state index contributed by atoms with van der Waals surface area (Å²) in [4.78, 5) is 9.11. The number of aryl methyl sites for hydroxylation is 1. The van der Waals surface area contributed by atoms with E-state index in [9.17, 15) is 0 Å². The minimum atomic E-state index is 0.424. The van der Waals surface area contributed by atoms with Gasteiger partial charge in [-0.3, -0.25) is 0 Å². The van der Waals surface area contributed by atoms with E-state index in [0.717, 1.165) is 28.1 Å². The third-order valence-corrected chi connectivity index (χ3v) is 3.47. The first-order chi connectivity index (χ1) is 10.7. The molecular formula is C17H16N4O. The molecule has 0 amide bonds. The van der Waals surface area contributed by atoms with Gasteiger partial charge < -0.3 is 9.30 Å². The van der Waals surface area contributed by atoms with Crippen LogP contribution in [-0.2, 0) is 17.9 Å². The van der Waals surface area contributed by atoms with Crippen molar-refractivity contribution in [3.63, 3.8) is 0 Å². The molecule has 0 atom stereocenters. The van der Waals surface area contributed by atoms with Crippen LogP contribution in [0.15, 0.2) is 36.5 Å². The predicted octanol–water partition coefficient (Wildman–Crippen LogP) is 2.81. The van der Waals surface area contributed by atoms with Crippen molar-refractivity contribution in [2.75, 3.05) is 7.11 Å². The molecule has 0 saturated heterocycles. The Morgan fingerprint density at radius 1 is 1.32 bits per heavy atom. The Hall–Kier alpha value is -2.71. The summed E-state index contributed by atoms with van der Waals surface area (Å²) in [7, 11) is 1.65. The van der Waals surface area contributed by atoms with Crippen LogP contribution in [0.5, 0.6) is 0 Å². The van der Waals surface area contributed by atoms with Gasteiger partial charge in [-0.2, -0.15) is 5.26 Å². The molecule has 0 N–H and O–H groups in total. The van der Waals surface area contributed by atoms with Gasteiger partial charge in [-0.1, -0.05) is 12.1 Å². The Morgan fingerprint density at radius 3 is 2.95 bits per heavy atom. The van der Waals surface area contributed by atoms with Crippen LogP contribution in [0.1, 0.15) is 22.5 Å². The molecule has 5 heteroatoms. The minimum absolute atomic E-state index is 0.424. The Morgan fingerprint density at radius 2 is 2.18 bits per heavy atom. The van der Waals surface area contributed by atoms with Gasteiger partial charge in [-0.05, 0) is 36.2 Å². The maximum atomic E-state index is 9.03. The minimum Gasteiger partial charge on any atom is -0.377 e. The molecule has 0 radical (unpaired) electrons. The van der Waals surface area contributed by atoms with E-state index in [2.05, 4.69) is 16.0 Å². The largest absolute Gasteiger partial charge is 0.377 e. The van der Waals surface area contributed by atoms with Gasteiger partial charge in [0.05, 0.1) is 18.2 Å². The molecule has 3 rings (SSSR count). The number of fused-ring (bicyclic) bond motifs is 1. The Labute approximate surface area is 128 Å². The van der Waals surface area contributed by atoms with Crippen molar-refractivity contribution in [2.24, 2.45) is 0 Å². The first kappa shape index (κ1) is 14.2. The van der Waals surface area contributed by atoms with Crippen LogP contribution in [0, 0.1) is 18.3 Å². The van der Waals surface area contributed by atoms with Crippen molar-refractivity contribution < 1.29 is 4.74 Å². The van der Waals surface area contributed by atoms with Gasteiger partial charge in [0.1, 0.15) is 17.9 Å². The molecule has 2 heterocycles. The Kier molecular flexibility index (Phi) is 3.86. The first-order valence-electron chi connectivity index (χ1n) is 7.01. The van der Waals surface area contributed by atoms with Gasteiger partial charge in [-0.15, -0.1) is 0 Å². The first-order valence-corrected chi connectivity index (χ1v) is 7.01. The van der Waals surface area contributed by atoms with Crippen molar-refractivity contribution in [3.8, 4) is 6.07 Å². The summed E-state index contributed by atoms with van der Waals surface area (Å²) in [6.07, 6.45) is 1.84. The molecule has 0 bridgehead atoms. The molecule has 0 aliphatic heterocycles. The highest BCUT2D eigenvalue weighted by Gasteiger charge is 2.12. The number of hydrogen-bond acceptors (Lipinski definition) is 4. The fourth-order valence-corrected chi connectivity index (χ4v) is 2.49. The third kappa shape index (κ3) is 2.69. The number of pyridine rings is 1. The van der Waals surface area contributed by atoms with Gasteiger partial charge in [-0.25, -0.2) is 9.97 Å². The van der Waals surface area contributed by atoms with E-state index in [0.29, 0.717) is 18.7 Å². The quantitative estimate of drug-likeness (QED) is 0.741. The lowest BCUT2D eigenvalue weighted by molar-refractivity contribution is 0.175. The normalized spacial score (nSPS) is 10.8. The summed E-state index contributed by atoms with van der Waals surface area (Å²) in [5.74, 6) is 0.831. The van der Waals surface area contributed by atoms with E-state index in [4.69, 9.17) is 10.00 Å². The van der Waals surface area contributed by atoms with E-state index >= 15 is 0 Å². The average molecular weight is 292 g/mol. The highest BCUT2D eigenvalue weighted by molar-refractivity contribution is 5.72. The number of nitrogens with zero attached hydrogens (tertiary/aromatic N) is 4. The predicted molar refractivity (Wildman–Crippen MR) is 83.2 cm³/mol. The summed E-state index contributed by atoms with van der Waals surface area (Å²) >= 11 is 0. The molecule has 22 heavy (non-hydrogen) atoms. The number of ether oxygens (including phenoxy) is 1. The number of hydrogen-bond donors (Lipinski definition) is 0. The second-order valence-electron chi connectivity index (χ2n) is 5.21. The fourth-order valence-electron chi connectivity index (χ4n) is 2.49. The number of imidazole rings is 1. The number of methoxy groups -OCH3 is 1. The fraction of sp³-hybridized carbons (Fsp3) is 0.235. The van der Waals surface area contributed by atoms with Crippen LogP contribution in [0.4, 0.5) is 0 Å². The van der Waals surface area contributed by atoms with Crippen molar-refractivity contribution >= 4 is 11.2 Å². The van der Waals surface area contributed by atoms with Crippen LogP contribution in [0.2, 0.25) is 0 Å². The van der Waals surface area contributed by atoms with Gasteiger partial charge in [0.15, 0.2) is 5.65 Å². The number of benzene rings is 1. The van der Waals surface area contributed by atoms with Crippen LogP contribution in [0.25, 0.3) is 11.2 Å². The SMILES string of the molecule is COCc1nc2cc(C)cnc2n1Cc1cccc(C#N)c1. The average Bonchev–Trinajstić information content (AvgIpc) is 2.84. The second kappa shape index (κ2) is 5.96. The van der Waals surface area contributed by atoms with Crippen molar-refractivity contribution in [1.82, 2.24) is 14.5 Å². The van der Waals surface area contributed by atoms with Gasteiger partial charge in [0, 0.05) is 13.3 Å². The lowest BCUT2D eigenvalue weighted by atomic mass is 10.1. The molecule has 0 saturated carbocycles. The zero-order valence-electron chi connectivity index (χ0n) is 12.6. The number of nitriles is 1. The molecule has 0 spiro atoms. The van der Waals surface area contributed by atoms with E-state index in [1.54, 1.807) is 13.2 Å². The molecule has 2 aromatic heterocycles. The molecule has 1 aromatic carbocycles. The van der Waals surface area contributed by atoms with E-state index in [1.165, 1.54) is 0 Å².